The summed E-state index contributed by atoms with van der Waals surface area (Å²) in [5.74, 6) is 0.171. The van der Waals surface area contributed by atoms with Gasteiger partial charge in [-0.3, -0.25) is 0 Å². The predicted octanol–water partition coefficient (Wildman–Crippen LogP) is 6.81. The lowest BCUT2D eigenvalue weighted by molar-refractivity contribution is 0.503. The van der Waals surface area contributed by atoms with Crippen LogP contribution in [0.3, 0.4) is 0 Å². The average molecular weight is 467 g/mol. The minimum absolute atomic E-state index is 0.0481. The van der Waals surface area contributed by atoms with Gasteiger partial charge < -0.3 is 11.1 Å². The Morgan fingerprint density at radius 1 is 1.15 bits per heavy atom. The van der Waals surface area contributed by atoms with Crippen LogP contribution < -0.4 is 5.73 Å². The highest BCUT2D eigenvalue weighted by Gasteiger charge is 2.24. The number of rotatable bonds is 5. The van der Waals surface area contributed by atoms with Gasteiger partial charge in [0.15, 0.2) is 5.82 Å². The van der Waals surface area contributed by atoms with E-state index < -0.39 is 9.73 Å². The monoisotopic (exact) mass is 466 g/mol. The maximum absolute atomic E-state index is 13.7. The SMILES string of the molecule is CC(C)c1nc(N=S(C)(=O)C2CCCCC2)c2cc(N)c(C=N)cc2c1-c1ccc(F)cc1. The molecule has 1 aromatic heterocycles. The van der Waals surface area contributed by atoms with Gasteiger partial charge in [-0.05, 0) is 54.0 Å². The molecule has 0 spiro atoms. The maximum atomic E-state index is 13.7. The largest absolute Gasteiger partial charge is 0.398 e. The van der Waals surface area contributed by atoms with Gasteiger partial charge in [0, 0.05) is 39.9 Å². The summed E-state index contributed by atoms with van der Waals surface area (Å²) in [6.07, 6.45) is 8.14. The van der Waals surface area contributed by atoms with Gasteiger partial charge in [-0.2, -0.15) is 4.36 Å². The summed E-state index contributed by atoms with van der Waals surface area (Å²) in [5, 5.41) is 9.38. The second-order valence-corrected chi connectivity index (χ2v) is 11.8. The number of nitrogens with two attached hydrogens (primary N) is 1. The molecule has 0 aliphatic heterocycles. The summed E-state index contributed by atoms with van der Waals surface area (Å²) in [5.41, 5.74) is 9.76. The molecule has 3 aromatic rings. The molecule has 5 nitrogen and oxygen atoms in total. The number of hydrogen-bond acceptors (Lipinski definition) is 5. The van der Waals surface area contributed by atoms with Crippen molar-refractivity contribution in [3.05, 3.63) is 53.5 Å². The molecule has 1 heterocycles. The number of anilines is 1. The Morgan fingerprint density at radius 2 is 1.82 bits per heavy atom. The van der Waals surface area contributed by atoms with Crippen molar-refractivity contribution < 1.29 is 8.60 Å². The van der Waals surface area contributed by atoms with Crippen LogP contribution in [-0.2, 0) is 9.73 Å². The predicted molar refractivity (Wildman–Crippen MR) is 137 cm³/mol. The number of nitrogen functional groups attached to an aromatic ring is 1. The molecule has 1 atom stereocenters. The first-order chi connectivity index (χ1) is 15.7. The quantitative estimate of drug-likeness (QED) is 0.320. The van der Waals surface area contributed by atoms with E-state index in [0.29, 0.717) is 22.5 Å². The Balaban J connectivity index is 2.06. The second-order valence-electron chi connectivity index (χ2n) is 9.24. The zero-order valence-corrected chi connectivity index (χ0v) is 20.2. The van der Waals surface area contributed by atoms with Crippen LogP contribution in [0.2, 0.25) is 0 Å². The third-order valence-corrected chi connectivity index (χ3v) is 8.73. The minimum Gasteiger partial charge on any atom is -0.398 e. The third kappa shape index (κ3) is 4.64. The van der Waals surface area contributed by atoms with Crippen LogP contribution in [0.1, 0.15) is 63.1 Å². The molecule has 0 bridgehead atoms. The Bertz CT molecular complexity index is 1320. The summed E-state index contributed by atoms with van der Waals surface area (Å²) in [4.78, 5) is 4.92. The molecule has 0 saturated heterocycles. The van der Waals surface area contributed by atoms with Gasteiger partial charge in [-0.1, -0.05) is 45.2 Å². The molecule has 1 aliphatic rings. The van der Waals surface area contributed by atoms with Crippen molar-refractivity contribution in [2.24, 2.45) is 4.36 Å². The van der Waals surface area contributed by atoms with Crippen LogP contribution in [-0.4, -0.2) is 26.9 Å². The fraction of sp³-hybridized carbons (Fsp3) is 0.385. The maximum Gasteiger partial charge on any atom is 0.169 e. The topological polar surface area (TPSA) is 92.2 Å². The Labute approximate surface area is 195 Å². The standard InChI is InChI=1S/C26H31FN4OS/c1-16(2)25-24(17-9-11-19(27)12-10-17)21-13-18(15-28)23(29)14-22(21)26(30-25)31-33(3,32)20-7-5-4-6-8-20/h9-16,20,28H,4-8,29H2,1-3H3. The molecule has 1 fully saturated rings. The van der Waals surface area contributed by atoms with Gasteiger partial charge >= 0.3 is 0 Å². The number of halogens is 1. The van der Waals surface area contributed by atoms with Gasteiger partial charge in [0.05, 0.1) is 15.4 Å². The summed E-state index contributed by atoms with van der Waals surface area (Å²) in [6, 6.07) is 9.97. The van der Waals surface area contributed by atoms with Crippen molar-refractivity contribution in [1.82, 2.24) is 4.98 Å². The van der Waals surface area contributed by atoms with Crippen LogP contribution in [0.5, 0.6) is 0 Å². The van der Waals surface area contributed by atoms with Crippen molar-refractivity contribution in [3.8, 4) is 11.1 Å². The smallest absolute Gasteiger partial charge is 0.169 e. The van der Waals surface area contributed by atoms with E-state index in [9.17, 15) is 8.60 Å². The molecule has 1 aliphatic carbocycles. The zero-order valence-electron chi connectivity index (χ0n) is 19.4. The van der Waals surface area contributed by atoms with Crippen LogP contribution in [0.4, 0.5) is 15.9 Å². The van der Waals surface area contributed by atoms with Crippen molar-refractivity contribution in [2.45, 2.75) is 57.1 Å². The van der Waals surface area contributed by atoms with Crippen molar-refractivity contribution in [1.29, 1.82) is 5.41 Å². The molecule has 174 valence electrons. The number of benzene rings is 2. The molecule has 1 saturated carbocycles. The summed E-state index contributed by atoms with van der Waals surface area (Å²) >= 11 is 0. The molecule has 1 unspecified atom stereocenters. The lowest BCUT2D eigenvalue weighted by Crippen LogP contribution is -2.22. The summed E-state index contributed by atoms with van der Waals surface area (Å²) in [6.45, 7) is 4.09. The van der Waals surface area contributed by atoms with Gasteiger partial charge in [0.1, 0.15) is 5.82 Å². The van der Waals surface area contributed by atoms with Crippen LogP contribution in [0, 0.1) is 11.2 Å². The van der Waals surface area contributed by atoms with Gasteiger partial charge in [0.2, 0.25) is 0 Å². The van der Waals surface area contributed by atoms with Crippen molar-refractivity contribution in [3.63, 3.8) is 0 Å². The normalized spacial score (nSPS) is 16.6. The van der Waals surface area contributed by atoms with E-state index in [1.165, 1.54) is 24.8 Å². The highest BCUT2D eigenvalue weighted by atomic mass is 32.2. The Hall–Kier alpha value is -2.80. The van der Waals surface area contributed by atoms with Crippen molar-refractivity contribution >= 4 is 38.2 Å². The fourth-order valence-corrected chi connectivity index (χ4v) is 6.51. The van der Waals surface area contributed by atoms with E-state index in [4.69, 9.17) is 20.5 Å². The lowest BCUT2D eigenvalue weighted by atomic mass is 9.91. The summed E-state index contributed by atoms with van der Waals surface area (Å²) < 4.78 is 32.2. The van der Waals surface area contributed by atoms with Crippen LogP contribution in [0.25, 0.3) is 21.9 Å². The number of nitrogens with zero attached hydrogens (tertiary/aromatic N) is 2. The van der Waals surface area contributed by atoms with Crippen LogP contribution in [0.15, 0.2) is 40.8 Å². The molecule has 4 rings (SSSR count). The molecule has 0 amide bonds. The van der Waals surface area contributed by atoms with E-state index in [-0.39, 0.29) is 17.0 Å². The van der Waals surface area contributed by atoms with E-state index in [1.54, 1.807) is 24.5 Å². The minimum atomic E-state index is -2.50. The lowest BCUT2D eigenvalue weighted by Gasteiger charge is -2.23. The Morgan fingerprint density at radius 3 is 2.42 bits per heavy atom. The first-order valence-electron chi connectivity index (χ1n) is 11.5. The van der Waals surface area contributed by atoms with Gasteiger partial charge in [-0.15, -0.1) is 0 Å². The van der Waals surface area contributed by atoms with Crippen molar-refractivity contribution in [2.75, 3.05) is 12.0 Å². The summed E-state index contributed by atoms with van der Waals surface area (Å²) in [7, 11) is -2.50. The molecule has 3 N–H and O–H groups in total. The first-order valence-corrected chi connectivity index (χ1v) is 13.4. The first kappa shape index (κ1) is 23.4. The number of pyridine rings is 1. The van der Waals surface area contributed by atoms with E-state index in [0.717, 1.165) is 47.9 Å². The van der Waals surface area contributed by atoms with E-state index in [1.807, 2.05) is 19.9 Å². The average Bonchev–Trinajstić information content (AvgIpc) is 2.79. The Kier molecular flexibility index (Phi) is 6.52. The van der Waals surface area contributed by atoms with E-state index in [2.05, 4.69) is 0 Å². The molecule has 2 aromatic carbocycles. The fourth-order valence-electron chi connectivity index (χ4n) is 4.67. The number of fused-ring (bicyclic) bond motifs is 1. The highest BCUT2D eigenvalue weighted by molar-refractivity contribution is 7.93. The highest BCUT2D eigenvalue weighted by Crippen LogP contribution is 2.41. The molecular formula is C26H31FN4OS. The van der Waals surface area contributed by atoms with E-state index >= 15 is 0 Å². The molecule has 7 heteroatoms. The molecule has 33 heavy (non-hydrogen) atoms. The third-order valence-electron chi connectivity index (χ3n) is 6.49. The van der Waals surface area contributed by atoms with Crippen LogP contribution >= 0.6 is 0 Å². The number of aromatic nitrogens is 1. The second kappa shape index (κ2) is 9.21. The zero-order chi connectivity index (χ0) is 23.8. The number of nitrogens with one attached hydrogen (secondary N) is 1. The molecular weight excluding hydrogens is 435 g/mol. The van der Waals surface area contributed by atoms with Gasteiger partial charge in [-0.25, -0.2) is 13.6 Å². The number of hydrogen-bond donors (Lipinski definition) is 2. The van der Waals surface area contributed by atoms with Gasteiger partial charge in [0.25, 0.3) is 0 Å². The molecule has 0 radical (unpaired) electrons.